The highest BCUT2D eigenvalue weighted by Gasteiger charge is 2.34. The zero-order chi connectivity index (χ0) is 21.7. The van der Waals surface area contributed by atoms with Gasteiger partial charge in [0, 0.05) is 42.0 Å². The lowest BCUT2D eigenvalue weighted by atomic mass is 10.00. The molecule has 156 valence electrons. The van der Waals surface area contributed by atoms with Crippen molar-refractivity contribution in [1.29, 1.82) is 0 Å². The van der Waals surface area contributed by atoms with E-state index in [1.807, 2.05) is 43.5 Å². The Balaban J connectivity index is 1.56. The topological polar surface area (TPSA) is 107 Å². The van der Waals surface area contributed by atoms with E-state index in [9.17, 15) is 4.79 Å². The molecule has 0 aliphatic carbocycles. The van der Waals surface area contributed by atoms with Gasteiger partial charge in [-0.2, -0.15) is 10.2 Å². The number of anilines is 1. The third kappa shape index (κ3) is 2.84. The molecule has 6 rings (SSSR count). The van der Waals surface area contributed by atoms with Crippen LogP contribution >= 0.6 is 0 Å². The number of hydrogen-bond acceptors (Lipinski definition) is 7. The van der Waals surface area contributed by atoms with Crippen LogP contribution in [0.15, 0.2) is 61.4 Å². The van der Waals surface area contributed by atoms with Gasteiger partial charge >= 0.3 is 0 Å². The zero-order valence-corrected chi connectivity index (χ0v) is 17.1. The van der Waals surface area contributed by atoms with Gasteiger partial charge in [-0.3, -0.25) is 14.7 Å². The Bertz CT molecular complexity index is 1470. The van der Waals surface area contributed by atoms with Gasteiger partial charge in [0.25, 0.3) is 5.91 Å². The lowest BCUT2D eigenvalue weighted by Gasteiger charge is -2.25. The number of aromatic nitrogens is 8. The summed E-state index contributed by atoms with van der Waals surface area (Å²) in [5, 5.41) is 8.99. The predicted octanol–water partition coefficient (Wildman–Crippen LogP) is 2.28. The van der Waals surface area contributed by atoms with E-state index >= 15 is 0 Å². The molecular weight excluding hydrogens is 406 g/mol. The van der Waals surface area contributed by atoms with Gasteiger partial charge in [0.15, 0.2) is 23.0 Å². The molecule has 0 saturated carbocycles. The van der Waals surface area contributed by atoms with E-state index in [1.165, 1.54) is 6.33 Å². The maximum Gasteiger partial charge on any atom is 0.280 e. The number of amides is 1. The molecule has 0 unspecified atom stereocenters. The van der Waals surface area contributed by atoms with Crippen LogP contribution in [0.2, 0.25) is 0 Å². The van der Waals surface area contributed by atoms with E-state index in [2.05, 4.69) is 25.0 Å². The fourth-order valence-electron chi connectivity index (χ4n) is 4.03. The van der Waals surface area contributed by atoms with Crippen LogP contribution in [0.4, 0.5) is 5.82 Å². The van der Waals surface area contributed by atoms with Gasteiger partial charge < -0.3 is 0 Å². The van der Waals surface area contributed by atoms with Gasteiger partial charge in [-0.25, -0.2) is 24.1 Å². The number of nitrogens with zero attached hydrogens (tertiary/aromatic N) is 9. The molecule has 10 nitrogen and oxygen atoms in total. The predicted molar refractivity (Wildman–Crippen MR) is 115 cm³/mol. The van der Waals surface area contributed by atoms with E-state index in [0.717, 1.165) is 28.2 Å². The SMILES string of the molecule is Cc1cccc(-n2nc3c(c2-c2ccc4ncnn4c2)CCN(c2cnccn2)C3=O)n1. The molecule has 0 saturated heterocycles. The summed E-state index contributed by atoms with van der Waals surface area (Å²) in [5.74, 6) is 0.949. The Kier molecular flexibility index (Phi) is 4.03. The number of carbonyl (C=O) groups excluding carboxylic acids is 1. The van der Waals surface area contributed by atoms with Crippen LogP contribution in [-0.2, 0) is 6.42 Å². The highest BCUT2D eigenvalue weighted by molar-refractivity contribution is 6.07. The molecule has 1 aliphatic rings. The molecule has 0 radical (unpaired) electrons. The van der Waals surface area contributed by atoms with Crippen molar-refractivity contribution in [3.63, 3.8) is 0 Å². The molecular formula is C22H17N9O. The maximum absolute atomic E-state index is 13.4. The minimum absolute atomic E-state index is 0.207. The summed E-state index contributed by atoms with van der Waals surface area (Å²) in [5.41, 5.74) is 4.56. The molecule has 0 bridgehead atoms. The van der Waals surface area contributed by atoms with Crippen molar-refractivity contribution in [2.45, 2.75) is 13.3 Å². The van der Waals surface area contributed by atoms with Gasteiger partial charge in [-0.15, -0.1) is 0 Å². The summed E-state index contributed by atoms with van der Waals surface area (Å²) >= 11 is 0. The van der Waals surface area contributed by atoms with Crippen molar-refractivity contribution in [2.75, 3.05) is 11.4 Å². The Hall–Kier alpha value is -4.47. The molecule has 0 fully saturated rings. The number of carbonyl (C=O) groups is 1. The fraction of sp³-hybridized carbons (Fsp3) is 0.136. The monoisotopic (exact) mass is 423 g/mol. The summed E-state index contributed by atoms with van der Waals surface area (Å²) in [6.45, 7) is 2.41. The second-order valence-electron chi connectivity index (χ2n) is 7.48. The molecule has 0 aromatic carbocycles. The molecule has 0 spiro atoms. The second-order valence-corrected chi connectivity index (χ2v) is 7.48. The summed E-state index contributed by atoms with van der Waals surface area (Å²) < 4.78 is 3.45. The number of fused-ring (bicyclic) bond motifs is 2. The molecule has 1 amide bonds. The van der Waals surface area contributed by atoms with Crippen molar-refractivity contribution in [2.24, 2.45) is 0 Å². The molecule has 6 heterocycles. The Morgan fingerprint density at radius 3 is 2.81 bits per heavy atom. The van der Waals surface area contributed by atoms with E-state index in [4.69, 9.17) is 5.10 Å². The number of aryl methyl sites for hydroxylation is 1. The summed E-state index contributed by atoms with van der Waals surface area (Å²) in [4.78, 5) is 32.3. The second kappa shape index (κ2) is 7.05. The van der Waals surface area contributed by atoms with Crippen LogP contribution in [0.1, 0.15) is 21.7 Å². The highest BCUT2D eigenvalue weighted by Crippen LogP contribution is 2.33. The third-order valence-corrected chi connectivity index (χ3v) is 5.48. The Morgan fingerprint density at radius 1 is 1.03 bits per heavy atom. The third-order valence-electron chi connectivity index (χ3n) is 5.48. The molecule has 1 aliphatic heterocycles. The highest BCUT2D eigenvalue weighted by atomic mass is 16.2. The summed E-state index contributed by atoms with van der Waals surface area (Å²) in [6.07, 6.45) is 8.77. The first-order chi connectivity index (χ1) is 15.7. The quantitative estimate of drug-likeness (QED) is 0.438. The van der Waals surface area contributed by atoms with Crippen LogP contribution in [-0.4, -0.2) is 51.8 Å². The molecule has 10 heteroatoms. The first kappa shape index (κ1) is 18.3. The first-order valence-corrected chi connectivity index (χ1v) is 10.1. The van der Waals surface area contributed by atoms with Crippen LogP contribution in [0.25, 0.3) is 22.7 Å². The summed E-state index contributed by atoms with van der Waals surface area (Å²) in [6, 6.07) is 9.60. The minimum atomic E-state index is -0.207. The molecule has 5 aromatic heterocycles. The smallest absolute Gasteiger partial charge is 0.280 e. The van der Waals surface area contributed by atoms with Gasteiger partial charge in [-0.05, 0) is 37.6 Å². The van der Waals surface area contributed by atoms with E-state index in [-0.39, 0.29) is 5.91 Å². The van der Waals surface area contributed by atoms with Crippen molar-refractivity contribution >= 4 is 17.4 Å². The van der Waals surface area contributed by atoms with Crippen molar-refractivity contribution in [3.05, 3.63) is 78.4 Å². The van der Waals surface area contributed by atoms with Crippen LogP contribution < -0.4 is 4.90 Å². The van der Waals surface area contributed by atoms with Crippen LogP contribution in [0.5, 0.6) is 0 Å². The standard InChI is InChI=1S/C22H17N9O/c1-14-3-2-4-18(27-14)31-21(15-5-6-17-25-13-26-30(17)12-15)16-7-10-29(22(32)20(16)28-31)19-11-23-8-9-24-19/h2-6,8-9,11-13H,7,10H2,1H3. The average Bonchev–Trinajstić information content (AvgIpc) is 3.44. The molecule has 0 N–H and O–H groups in total. The van der Waals surface area contributed by atoms with E-state index in [1.54, 1.807) is 32.7 Å². The number of hydrogen-bond donors (Lipinski definition) is 0. The van der Waals surface area contributed by atoms with Gasteiger partial charge in [0.05, 0.1) is 11.9 Å². The van der Waals surface area contributed by atoms with E-state index < -0.39 is 0 Å². The Labute approximate surface area is 182 Å². The first-order valence-electron chi connectivity index (χ1n) is 10.1. The van der Waals surface area contributed by atoms with Crippen LogP contribution in [0.3, 0.4) is 0 Å². The molecule has 32 heavy (non-hydrogen) atoms. The largest absolute Gasteiger partial charge is 0.290 e. The summed E-state index contributed by atoms with van der Waals surface area (Å²) in [7, 11) is 0. The maximum atomic E-state index is 13.4. The molecule has 5 aromatic rings. The van der Waals surface area contributed by atoms with Gasteiger partial charge in [-0.1, -0.05) is 6.07 Å². The van der Waals surface area contributed by atoms with E-state index in [0.29, 0.717) is 30.3 Å². The zero-order valence-electron chi connectivity index (χ0n) is 17.1. The Morgan fingerprint density at radius 2 is 1.97 bits per heavy atom. The normalized spacial score (nSPS) is 13.5. The fourth-order valence-corrected chi connectivity index (χ4v) is 4.03. The van der Waals surface area contributed by atoms with Crippen LogP contribution in [0, 0.1) is 6.92 Å². The van der Waals surface area contributed by atoms with Gasteiger partial charge in [0.2, 0.25) is 0 Å². The molecule has 0 atom stereocenters. The van der Waals surface area contributed by atoms with Crippen molar-refractivity contribution in [1.82, 2.24) is 39.3 Å². The number of pyridine rings is 2. The van der Waals surface area contributed by atoms with Crippen molar-refractivity contribution < 1.29 is 4.79 Å². The van der Waals surface area contributed by atoms with Crippen molar-refractivity contribution in [3.8, 4) is 17.1 Å². The average molecular weight is 423 g/mol. The lowest BCUT2D eigenvalue weighted by molar-refractivity contribution is 0.0974. The number of rotatable bonds is 3. The minimum Gasteiger partial charge on any atom is -0.290 e. The van der Waals surface area contributed by atoms with Gasteiger partial charge in [0.1, 0.15) is 6.33 Å². The lowest BCUT2D eigenvalue weighted by Crippen LogP contribution is -2.38.